The molecule has 0 saturated heterocycles. The summed E-state index contributed by atoms with van der Waals surface area (Å²) >= 11 is 0. The van der Waals surface area contributed by atoms with Crippen molar-refractivity contribution in [2.45, 2.75) is 58.4 Å². The second-order valence-electron chi connectivity index (χ2n) is 9.22. The maximum atomic E-state index is 13.1. The van der Waals surface area contributed by atoms with Crippen LogP contribution in [0, 0.1) is 5.92 Å². The summed E-state index contributed by atoms with van der Waals surface area (Å²) in [6, 6.07) is 15.2. The number of benzene rings is 2. The number of hydrogen-bond donors (Lipinski definition) is 0. The predicted octanol–water partition coefficient (Wildman–Crippen LogP) is 5.33. The first-order valence-corrected chi connectivity index (χ1v) is 11.8. The van der Waals surface area contributed by atoms with Gasteiger partial charge in [-0.15, -0.1) is 0 Å². The molecule has 1 amide bonds. The molecular weight excluding hydrogens is 386 g/mol. The topological polar surface area (TPSA) is 38.8 Å². The van der Waals surface area contributed by atoms with Gasteiger partial charge in [-0.3, -0.25) is 4.79 Å². The minimum absolute atomic E-state index is 0.187. The van der Waals surface area contributed by atoms with E-state index < -0.39 is 0 Å². The molecule has 0 aromatic heterocycles. The van der Waals surface area contributed by atoms with E-state index in [1.807, 2.05) is 4.90 Å². The second kappa shape index (κ2) is 10.3. The summed E-state index contributed by atoms with van der Waals surface area (Å²) in [5.41, 5.74) is 4.97. The van der Waals surface area contributed by atoms with Gasteiger partial charge in [-0.05, 0) is 47.1 Å². The highest BCUT2D eigenvalue weighted by Gasteiger charge is 2.27. The van der Waals surface area contributed by atoms with E-state index in [4.69, 9.17) is 9.47 Å². The van der Waals surface area contributed by atoms with Crippen molar-refractivity contribution >= 4 is 5.91 Å². The molecule has 1 saturated carbocycles. The molecule has 0 N–H and O–H groups in total. The van der Waals surface area contributed by atoms with Crippen LogP contribution in [0.15, 0.2) is 42.5 Å². The average molecular weight is 422 g/mol. The number of ether oxygens (including phenoxy) is 2. The fraction of sp³-hybridized carbons (Fsp3) is 0.519. The molecule has 0 radical (unpaired) electrons. The highest BCUT2D eigenvalue weighted by atomic mass is 16.5. The fourth-order valence-corrected chi connectivity index (χ4v) is 4.70. The van der Waals surface area contributed by atoms with E-state index in [1.165, 1.54) is 35.1 Å². The van der Waals surface area contributed by atoms with Gasteiger partial charge in [-0.25, -0.2) is 0 Å². The molecule has 31 heavy (non-hydrogen) atoms. The summed E-state index contributed by atoms with van der Waals surface area (Å²) in [6.45, 7) is 7.31. The Morgan fingerprint density at radius 2 is 1.81 bits per heavy atom. The molecule has 1 heterocycles. The molecule has 1 fully saturated rings. The summed E-state index contributed by atoms with van der Waals surface area (Å²) in [7, 11) is 0. The van der Waals surface area contributed by atoms with Crippen LogP contribution < -0.4 is 4.74 Å². The largest absolute Gasteiger partial charge is 0.491 e. The van der Waals surface area contributed by atoms with Gasteiger partial charge in [0.2, 0.25) is 5.91 Å². The minimum atomic E-state index is 0.187. The summed E-state index contributed by atoms with van der Waals surface area (Å²) in [5, 5.41) is 0. The molecule has 166 valence electrons. The molecule has 4 rings (SSSR count). The van der Waals surface area contributed by atoms with E-state index in [1.54, 1.807) is 0 Å². The molecule has 2 aromatic rings. The Morgan fingerprint density at radius 3 is 2.61 bits per heavy atom. The van der Waals surface area contributed by atoms with Crippen LogP contribution in [0.2, 0.25) is 0 Å². The quantitative estimate of drug-likeness (QED) is 0.658. The van der Waals surface area contributed by atoms with Crippen molar-refractivity contribution in [2.75, 3.05) is 26.4 Å². The van der Waals surface area contributed by atoms with E-state index in [9.17, 15) is 4.79 Å². The van der Waals surface area contributed by atoms with Crippen LogP contribution in [-0.4, -0.2) is 37.2 Å². The summed E-state index contributed by atoms with van der Waals surface area (Å²) in [5.74, 6) is 1.89. The number of carbonyl (C=O) groups excluding carboxylic acids is 1. The van der Waals surface area contributed by atoms with Crippen LogP contribution in [0.4, 0.5) is 0 Å². The van der Waals surface area contributed by atoms with Gasteiger partial charge < -0.3 is 14.4 Å². The molecule has 4 nitrogen and oxygen atoms in total. The van der Waals surface area contributed by atoms with Crippen LogP contribution in [0.5, 0.6) is 5.75 Å². The lowest BCUT2D eigenvalue weighted by Gasteiger charge is -2.26. The Bertz CT molecular complexity index is 886. The van der Waals surface area contributed by atoms with Gasteiger partial charge in [-0.2, -0.15) is 0 Å². The molecular formula is C27H35NO3. The molecule has 0 spiro atoms. The van der Waals surface area contributed by atoms with Crippen LogP contribution in [0.1, 0.15) is 67.7 Å². The van der Waals surface area contributed by atoms with Gasteiger partial charge in [-0.1, -0.05) is 63.1 Å². The first kappa shape index (κ1) is 21.9. The lowest BCUT2D eigenvalue weighted by molar-refractivity contribution is -0.136. The van der Waals surface area contributed by atoms with Gasteiger partial charge in [0.25, 0.3) is 0 Å². The monoisotopic (exact) mass is 421 g/mol. The van der Waals surface area contributed by atoms with Gasteiger partial charge in [0.15, 0.2) is 0 Å². The third-order valence-electron chi connectivity index (χ3n) is 6.52. The predicted molar refractivity (Wildman–Crippen MR) is 123 cm³/mol. The lowest BCUT2D eigenvalue weighted by Crippen LogP contribution is -2.37. The number of hydrogen-bond acceptors (Lipinski definition) is 3. The van der Waals surface area contributed by atoms with E-state index in [0.29, 0.717) is 44.7 Å². The standard InChI is InChI=1S/C27H35NO3/c1-20(2)24-10-11-26-25(18-24)17-21-6-5-7-22(16-21)19-28(12-13-30-14-15-31-26)27(29)23-8-3-4-9-23/h5-7,10-11,16,18,20,23H,3-4,8-9,12-15,17,19H2,1-2H3. The molecule has 1 aliphatic carbocycles. The average Bonchev–Trinajstić information content (AvgIpc) is 3.30. The van der Waals surface area contributed by atoms with Crippen molar-refractivity contribution in [3.63, 3.8) is 0 Å². The molecule has 2 bridgehead atoms. The van der Waals surface area contributed by atoms with E-state index in [2.05, 4.69) is 56.3 Å². The number of carbonyl (C=O) groups is 1. The van der Waals surface area contributed by atoms with Crippen molar-refractivity contribution < 1.29 is 14.3 Å². The molecule has 0 atom stereocenters. The zero-order valence-electron chi connectivity index (χ0n) is 18.9. The third-order valence-corrected chi connectivity index (χ3v) is 6.52. The Hall–Kier alpha value is -2.33. The molecule has 2 aromatic carbocycles. The zero-order chi connectivity index (χ0) is 21.6. The van der Waals surface area contributed by atoms with Crippen LogP contribution in [-0.2, 0) is 22.5 Å². The van der Waals surface area contributed by atoms with Crippen molar-refractivity contribution in [3.8, 4) is 5.75 Å². The smallest absolute Gasteiger partial charge is 0.226 e. The minimum Gasteiger partial charge on any atom is -0.491 e. The number of nitrogens with zero attached hydrogens (tertiary/aromatic N) is 1. The Morgan fingerprint density at radius 1 is 1.00 bits per heavy atom. The first-order valence-electron chi connectivity index (χ1n) is 11.8. The maximum Gasteiger partial charge on any atom is 0.226 e. The third kappa shape index (κ3) is 5.68. The SMILES string of the molecule is CC(C)c1ccc2c(c1)Cc1cccc(c1)CN(C(=O)C1CCCC1)CCOCCO2. The highest BCUT2D eigenvalue weighted by molar-refractivity contribution is 5.79. The first-order chi connectivity index (χ1) is 15.1. The normalized spacial score (nSPS) is 18.4. The fourth-order valence-electron chi connectivity index (χ4n) is 4.70. The second-order valence-corrected chi connectivity index (χ2v) is 9.22. The summed E-state index contributed by atoms with van der Waals surface area (Å²) < 4.78 is 11.9. The Labute approximate surface area is 186 Å². The van der Waals surface area contributed by atoms with Crippen LogP contribution in [0.25, 0.3) is 0 Å². The number of rotatable bonds is 2. The molecule has 2 aliphatic rings. The van der Waals surface area contributed by atoms with Crippen molar-refractivity contribution in [2.24, 2.45) is 5.92 Å². The van der Waals surface area contributed by atoms with Gasteiger partial charge in [0, 0.05) is 25.4 Å². The maximum absolute atomic E-state index is 13.1. The Kier molecular flexibility index (Phi) is 7.29. The van der Waals surface area contributed by atoms with E-state index in [0.717, 1.165) is 25.0 Å². The van der Waals surface area contributed by atoms with Gasteiger partial charge in [0.05, 0.1) is 13.2 Å². The van der Waals surface area contributed by atoms with Gasteiger partial charge >= 0.3 is 0 Å². The lowest BCUT2D eigenvalue weighted by atomic mass is 9.96. The molecule has 1 aliphatic heterocycles. The van der Waals surface area contributed by atoms with Crippen LogP contribution >= 0.6 is 0 Å². The number of fused-ring (bicyclic) bond motifs is 3. The van der Waals surface area contributed by atoms with E-state index >= 15 is 0 Å². The summed E-state index contributed by atoms with van der Waals surface area (Å²) in [4.78, 5) is 15.2. The van der Waals surface area contributed by atoms with Crippen molar-refractivity contribution in [1.29, 1.82) is 0 Å². The molecule has 0 unspecified atom stereocenters. The summed E-state index contributed by atoms with van der Waals surface area (Å²) in [6.07, 6.45) is 5.22. The molecule has 4 heteroatoms. The zero-order valence-corrected chi connectivity index (χ0v) is 18.9. The van der Waals surface area contributed by atoms with E-state index in [-0.39, 0.29) is 5.92 Å². The van der Waals surface area contributed by atoms with Crippen molar-refractivity contribution in [1.82, 2.24) is 4.90 Å². The van der Waals surface area contributed by atoms with Crippen LogP contribution in [0.3, 0.4) is 0 Å². The number of amides is 1. The van der Waals surface area contributed by atoms with Gasteiger partial charge in [0.1, 0.15) is 12.4 Å². The van der Waals surface area contributed by atoms with Crippen molar-refractivity contribution in [3.05, 3.63) is 64.7 Å². The highest BCUT2D eigenvalue weighted by Crippen LogP contribution is 2.29. The Balaban J connectivity index is 1.60.